The van der Waals surface area contributed by atoms with E-state index in [1.54, 1.807) is 0 Å². The lowest BCUT2D eigenvalue weighted by molar-refractivity contribution is -0.141. The van der Waals surface area contributed by atoms with Crippen LogP contribution in [0.2, 0.25) is 0 Å². The van der Waals surface area contributed by atoms with Crippen molar-refractivity contribution in [1.29, 1.82) is 0 Å². The summed E-state index contributed by atoms with van der Waals surface area (Å²) in [5.41, 5.74) is 2.00. The zero-order valence-corrected chi connectivity index (χ0v) is 12.5. The Morgan fingerprint density at radius 1 is 1.43 bits per heavy atom. The van der Waals surface area contributed by atoms with Crippen LogP contribution >= 0.6 is 0 Å². The Balaban J connectivity index is 2.30. The van der Waals surface area contributed by atoms with Gasteiger partial charge in [0.15, 0.2) is 6.04 Å². The molecular weight excluding hydrogens is 276 g/mol. The van der Waals surface area contributed by atoms with Crippen LogP contribution in [0.5, 0.6) is 0 Å². The molecule has 0 saturated carbocycles. The standard InChI is InChI=1S/C13H22N4O4/c1-8-7-9(2)17(16-8)6-4-5-14-13(21)15-11(10(3)18)12(19)20/h7,10-11,18H,4-6H2,1-3H3,(H,19,20)(H2,14,15,21)/t10-,11+/m1/s1. The van der Waals surface area contributed by atoms with Crippen LogP contribution in [0.15, 0.2) is 6.07 Å². The third kappa shape index (κ3) is 5.42. The quantitative estimate of drug-likeness (QED) is 0.530. The lowest BCUT2D eigenvalue weighted by atomic mass is 10.2. The summed E-state index contributed by atoms with van der Waals surface area (Å²) in [5, 5.41) is 27.1. The first-order valence-corrected chi connectivity index (χ1v) is 6.77. The van der Waals surface area contributed by atoms with E-state index in [2.05, 4.69) is 15.7 Å². The number of rotatable bonds is 7. The fourth-order valence-electron chi connectivity index (χ4n) is 1.91. The Bertz CT molecular complexity index is 498. The largest absolute Gasteiger partial charge is 0.480 e. The Morgan fingerprint density at radius 2 is 2.10 bits per heavy atom. The van der Waals surface area contributed by atoms with Gasteiger partial charge in [-0.2, -0.15) is 5.10 Å². The van der Waals surface area contributed by atoms with E-state index in [4.69, 9.17) is 5.11 Å². The van der Waals surface area contributed by atoms with Crippen LogP contribution in [0.1, 0.15) is 24.7 Å². The topological polar surface area (TPSA) is 116 Å². The second kappa shape index (κ2) is 7.63. The number of aromatic nitrogens is 2. The Hall–Kier alpha value is -2.09. The van der Waals surface area contributed by atoms with E-state index in [0.717, 1.165) is 11.4 Å². The second-order valence-corrected chi connectivity index (χ2v) is 4.96. The molecule has 8 heteroatoms. The molecule has 0 spiro atoms. The Morgan fingerprint density at radius 3 is 2.57 bits per heavy atom. The molecule has 0 unspecified atom stereocenters. The fraction of sp³-hybridized carbons (Fsp3) is 0.615. The van der Waals surface area contributed by atoms with Crippen molar-refractivity contribution >= 4 is 12.0 Å². The number of aliphatic hydroxyl groups is 1. The number of carbonyl (C=O) groups is 2. The van der Waals surface area contributed by atoms with Crippen molar-refractivity contribution in [2.75, 3.05) is 6.54 Å². The Labute approximate surface area is 123 Å². The number of aliphatic carboxylic acids is 1. The predicted molar refractivity (Wildman–Crippen MR) is 76.0 cm³/mol. The average molecular weight is 298 g/mol. The molecule has 1 rings (SSSR count). The van der Waals surface area contributed by atoms with Gasteiger partial charge < -0.3 is 20.8 Å². The zero-order chi connectivity index (χ0) is 16.0. The molecule has 2 amide bonds. The van der Waals surface area contributed by atoms with Gasteiger partial charge in [0.05, 0.1) is 11.8 Å². The van der Waals surface area contributed by atoms with Gasteiger partial charge in [-0.05, 0) is 33.3 Å². The molecule has 1 heterocycles. The SMILES string of the molecule is Cc1cc(C)n(CCCNC(=O)N[C@H](C(=O)O)[C@@H](C)O)n1. The van der Waals surface area contributed by atoms with Crippen molar-refractivity contribution in [2.45, 2.75) is 45.9 Å². The lowest BCUT2D eigenvalue weighted by Gasteiger charge is -2.17. The number of carboxylic acids is 1. The zero-order valence-electron chi connectivity index (χ0n) is 12.5. The minimum atomic E-state index is -1.32. The molecule has 0 bridgehead atoms. The summed E-state index contributed by atoms with van der Waals surface area (Å²) in [7, 11) is 0. The number of aliphatic hydroxyl groups excluding tert-OH is 1. The maximum Gasteiger partial charge on any atom is 0.328 e. The molecule has 0 radical (unpaired) electrons. The van der Waals surface area contributed by atoms with Crippen LogP contribution in [-0.2, 0) is 11.3 Å². The molecule has 0 aliphatic carbocycles. The number of hydrogen-bond donors (Lipinski definition) is 4. The van der Waals surface area contributed by atoms with Gasteiger partial charge in [-0.15, -0.1) is 0 Å². The number of amides is 2. The first-order valence-electron chi connectivity index (χ1n) is 6.77. The van der Waals surface area contributed by atoms with Crippen molar-refractivity contribution in [2.24, 2.45) is 0 Å². The van der Waals surface area contributed by atoms with E-state index in [1.165, 1.54) is 6.92 Å². The highest BCUT2D eigenvalue weighted by atomic mass is 16.4. The van der Waals surface area contributed by atoms with E-state index in [0.29, 0.717) is 19.5 Å². The molecule has 118 valence electrons. The molecule has 0 aromatic carbocycles. The molecule has 8 nitrogen and oxygen atoms in total. The van der Waals surface area contributed by atoms with Gasteiger partial charge in [0.2, 0.25) is 0 Å². The lowest BCUT2D eigenvalue weighted by Crippen LogP contribution is -2.51. The molecule has 21 heavy (non-hydrogen) atoms. The van der Waals surface area contributed by atoms with Crippen LogP contribution in [0.3, 0.4) is 0 Å². The summed E-state index contributed by atoms with van der Waals surface area (Å²) in [6, 6.07) is 0.0397. The average Bonchev–Trinajstić information content (AvgIpc) is 2.69. The molecule has 4 N–H and O–H groups in total. The van der Waals surface area contributed by atoms with Gasteiger partial charge >= 0.3 is 12.0 Å². The smallest absolute Gasteiger partial charge is 0.328 e. The third-order valence-electron chi connectivity index (χ3n) is 2.97. The van der Waals surface area contributed by atoms with Crippen LogP contribution in [0.4, 0.5) is 4.79 Å². The summed E-state index contributed by atoms with van der Waals surface area (Å²) in [4.78, 5) is 22.3. The van der Waals surface area contributed by atoms with Crippen LogP contribution < -0.4 is 10.6 Å². The second-order valence-electron chi connectivity index (χ2n) is 4.96. The number of nitrogens with one attached hydrogen (secondary N) is 2. The van der Waals surface area contributed by atoms with Crippen molar-refractivity contribution in [3.63, 3.8) is 0 Å². The minimum Gasteiger partial charge on any atom is -0.480 e. The first-order chi connectivity index (χ1) is 9.81. The van der Waals surface area contributed by atoms with E-state index in [-0.39, 0.29) is 0 Å². The highest BCUT2D eigenvalue weighted by molar-refractivity contribution is 5.82. The van der Waals surface area contributed by atoms with Crippen LogP contribution in [0, 0.1) is 13.8 Å². The summed E-state index contributed by atoms with van der Waals surface area (Å²) in [6.45, 7) is 6.23. The molecule has 0 aliphatic heterocycles. The van der Waals surface area contributed by atoms with Crippen molar-refractivity contribution < 1.29 is 19.8 Å². The van der Waals surface area contributed by atoms with Gasteiger partial charge in [-0.3, -0.25) is 4.68 Å². The van der Waals surface area contributed by atoms with Gasteiger partial charge in [0.25, 0.3) is 0 Å². The predicted octanol–water partition coefficient (Wildman–Crippen LogP) is 0.0232. The van der Waals surface area contributed by atoms with E-state index in [9.17, 15) is 14.7 Å². The summed E-state index contributed by atoms with van der Waals surface area (Å²) in [6.07, 6.45) is -0.495. The van der Waals surface area contributed by atoms with E-state index < -0.39 is 24.1 Å². The molecule has 0 fully saturated rings. The van der Waals surface area contributed by atoms with Gasteiger partial charge in [0, 0.05) is 18.8 Å². The maximum atomic E-state index is 11.5. The third-order valence-corrected chi connectivity index (χ3v) is 2.97. The molecule has 1 aromatic heterocycles. The van der Waals surface area contributed by atoms with Crippen LogP contribution in [0.25, 0.3) is 0 Å². The summed E-state index contributed by atoms with van der Waals surface area (Å²) >= 11 is 0. The summed E-state index contributed by atoms with van der Waals surface area (Å²) in [5.74, 6) is -1.28. The number of urea groups is 1. The maximum absolute atomic E-state index is 11.5. The fourth-order valence-corrected chi connectivity index (χ4v) is 1.91. The van der Waals surface area contributed by atoms with Gasteiger partial charge in [-0.1, -0.05) is 0 Å². The van der Waals surface area contributed by atoms with Crippen molar-refractivity contribution in [1.82, 2.24) is 20.4 Å². The highest BCUT2D eigenvalue weighted by Crippen LogP contribution is 2.02. The number of carbonyl (C=O) groups excluding carboxylic acids is 1. The van der Waals surface area contributed by atoms with Gasteiger partial charge in [-0.25, -0.2) is 9.59 Å². The number of carboxylic acid groups (broad SMARTS) is 1. The number of aryl methyl sites for hydroxylation is 3. The number of nitrogens with zero attached hydrogens (tertiary/aromatic N) is 2. The van der Waals surface area contributed by atoms with Crippen molar-refractivity contribution in [3.8, 4) is 0 Å². The molecule has 1 aromatic rings. The number of hydrogen-bond acceptors (Lipinski definition) is 4. The monoisotopic (exact) mass is 298 g/mol. The highest BCUT2D eigenvalue weighted by Gasteiger charge is 2.24. The van der Waals surface area contributed by atoms with E-state index in [1.807, 2.05) is 24.6 Å². The minimum absolute atomic E-state index is 0.385. The normalized spacial score (nSPS) is 13.5. The van der Waals surface area contributed by atoms with E-state index >= 15 is 0 Å². The van der Waals surface area contributed by atoms with Crippen molar-refractivity contribution in [3.05, 3.63) is 17.5 Å². The molecule has 0 saturated heterocycles. The molecular formula is C13H22N4O4. The van der Waals surface area contributed by atoms with Crippen LogP contribution in [-0.4, -0.2) is 50.7 Å². The summed E-state index contributed by atoms with van der Waals surface area (Å²) < 4.78 is 1.85. The molecule has 2 atom stereocenters. The van der Waals surface area contributed by atoms with Gasteiger partial charge in [0.1, 0.15) is 0 Å². The molecule has 0 aliphatic rings. The first kappa shape index (κ1) is 17.0. The Kier molecular flexibility index (Phi) is 6.16.